The van der Waals surface area contributed by atoms with Crippen LogP contribution in [0.2, 0.25) is 0 Å². The number of piperazine rings is 1. The van der Waals surface area contributed by atoms with Crippen LogP contribution < -0.4 is 10.5 Å². The maximum atomic E-state index is 12.4. The van der Waals surface area contributed by atoms with Crippen LogP contribution in [-0.4, -0.2) is 62.4 Å². The minimum atomic E-state index is 0.0331. The molecule has 4 heterocycles. The first-order chi connectivity index (χ1) is 14.3. The van der Waals surface area contributed by atoms with Gasteiger partial charge in [0.1, 0.15) is 11.3 Å². The summed E-state index contributed by atoms with van der Waals surface area (Å²) in [7, 11) is 0. The Labute approximate surface area is 169 Å². The van der Waals surface area contributed by atoms with Gasteiger partial charge in [-0.2, -0.15) is 5.10 Å². The number of anilines is 1. The summed E-state index contributed by atoms with van der Waals surface area (Å²) in [5, 5.41) is 4.63. The van der Waals surface area contributed by atoms with Crippen LogP contribution in [-0.2, 0) is 19.4 Å². The highest BCUT2D eigenvalue weighted by Crippen LogP contribution is 2.18. The molecule has 0 saturated carbocycles. The van der Waals surface area contributed by atoms with Crippen LogP contribution in [0.1, 0.15) is 24.1 Å². The van der Waals surface area contributed by atoms with E-state index >= 15 is 0 Å². The smallest absolute Gasteiger partial charge is 0.267 e. The molecule has 0 bridgehead atoms. The molecule has 0 aromatic carbocycles. The normalized spacial score (nSPS) is 17.4. The van der Waals surface area contributed by atoms with E-state index < -0.39 is 0 Å². The third kappa shape index (κ3) is 3.85. The van der Waals surface area contributed by atoms with Crippen LogP contribution in [0.5, 0.6) is 0 Å². The summed E-state index contributed by atoms with van der Waals surface area (Å²) in [6, 6.07) is 5.79. The van der Waals surface area contributed by atoms with Crippen molar-refractivity contribution in [3.05, 3.63) is 52.2 Å². The second-order valence-electron chi connectivity index (χ2n) is 7.78. The fraction of sp³-hybridized carbons (Fsp3) is 0.476. The average molecular weight is 391 g/mol. The van der Waals surface area contributed by atoms with Gasteiger partial charge in [0.25, 0.3) is 5.56 Å². The first-order valence-corrected chi connectivity index (χ1v) is 10.4. The second-order valence-corrected chi connectivity index (χ2v) is 7.78. The van der Waals surface area contributed by atoms with Gasteiger partial charge in [0.15, 0.2) is 5.65 Å². The van der Waals surface area contributed by atoms with Crippen molar-refractivity contribution in [1.29, 1.82) is 0 Å². The summed E-state index contributed by atoms with van der Waals surface area (Å²) >= 11 is 0. The van der Waals surface area contributed by atoms with Crippen LogP contribution in [0.4, 0.5) is 5.82 Å². The predicted molar refractivity (Wildman–Crippen MR) is 111 cm³/mol. The van der Waals surface area contributed by atoms with Crippen LogP contribution in [0.15, 0.2) is 35.4 Å². The molecule has 3 aromatic heterocycles. The predicted octanol–water partition coefficient (Wildman–Crippen LogP) is 1.28. The monoisotopic (exact) mass is 391 g/mol. The lowest BCUT2D eigenvalue weighted by molar-refractivity contribution is 0.241. The SMILES string of the molecule is O=c1cc2c(nn1CCN1CCN(c3ccc4nccnc4n3)CC1)CCCC2. The third-order valence-corrected chi connectivity index (χ3v) is 5.92. The highest BCUT2D eigenvalue weighted by atomic mass is 16.1. The second kappa shape index (κ2) is 7.87. The van der Waals surface area contributed by atoms with E-state index in [9.17, 15) is 4.79 Å². The molecule has 150 valence electrons. The zero-order valence-corrected chi connectivity index (χ0v) is 16.5. The lowest BCUT2D eigenvalue weighted by Gasteiger charge is -2.35. The van der Waals surface area contributed by atoms with Gasteiger partial charge in [0.2, 0.25) is 0 Å². The molecule has 0 amide bonds. The number of pyridine rings is 1. The van der Waals surface area contributed by atoms with E-state index in [1.165, 1.54) is 12.8 Å². The Morgan fingerprint density at radius 3 is 2.66 bits per heavy atom. The summed E-state index contributed by atoms with van der Waals surface area (Å²) in [5.74, 6) is 0.949. The molecule has 8 heteroatoms. The summed E-state index contributed by atoms with van der Waals surface area (Å²) in [5.41, 5.74) is 3.80. The molecule has 3 aromatic rings. The zero-order valence-electron chi connectivity index (χ0n) is 16.5. The summed E-state index contributed by atoms with van der Waals surface area (Å²) in [6.45, 7) is 5.20. The van der Waals surface area contributed by atoms with Crippen LogP contribution >= 0.6 is 0 Å². The molecule has 5 rings (SSSR count). The average Bonchev–Trinajstić information content (AvgIpc) is 2.78. The molecule has 0 spiro atoms. The molecule has 0 unspecified atom stereocenters. The molecule has 1 aliphatic heterocycles. The highest BCUT2D eigenvalue weighted by molar-refractivity contribution is 5.71. The fourth-order valence-corrected chi connectivity index (χ4v) is 4.22. The number of hydrogen-bond acceptors (Lipinski definition) is 7. The van der Waals surface area contributed by atoms with Gasteiger partial charge < -0.3 is 4.90 Å². The number of rotatable bonds is 4. The molecule has 2 aliphatic rings. The standard InChI is InChI=1S/C21H25N7O/c29-20-15-16-3-1-2-4-17(16)25-28(20)14-11-26-9-12-27(13-10-26)19-6-5-18-21(24-19)23-8-7-22-18/h5-8,15H,1-4,9-14H2. The Kier molecular flexibility index (Phi) is 4.93. The first-order valence-electron chi connectivity index (χ1n) is 10.4. The molecular formula is C21H25N7O. The topological polar surface area (TPSA) is 80.0 Å². The number of aryl methyl sites for hydroxylation is 2. The summed E-state index contributed by atoms with van der Waals surface area (Å²) in [6.07, 6.45) is 7.70. The van der Waals surface area contributed by atoms with Gasteiger partial charge in [0.05, 0.1) is 12.2 Å². The number of nitrogens with zero attached hydrogens (tertiary/aromatic N) is 7. The van der Waals surface area contributed by atoms with Crippen molar-refractivity contribution < 1.29 is 0 Å². The van der Waals surface area contributed by atoms with Crippen molar-refractivity contribution in [3.8, 4) is 0 Å². The quantitative estimate of drug-likeness (QED) is 0.663. The van der Waals surface area contributed by atoms with E-state index in [4.69, 9.17) is 0 Å². The van der Waals surface area contributed by atoms with Crippen molar-refractivity contribution in [2.45, 2.75) is 32.2 Å². The van der Waals surface area contributed by atoms with Crippen LogP contribution in [0.25, 0.3) is 11.2 Å². The Hall–Kier alpha value is -2.87. The first kappa shape index (κ1) is 18.2. The van der Waals surface area contributed by atoms with Gasteiger partial charge in [-0.1, -0.05) is 0 Å². The van der Waals surface area contributed by atoms with Gasteiger partial charge >= 0.3 is 0 Å². The van der Waals surface area contributed by atoms with Crippen molar-refractivity contribution in [2.24, 2.45) is 0 Å². The highest BCUT2D eigenvalue weighted by Gasteiger charge is 2.19. The van der Waals surface area contributed by atoms with E-state index in [0.717, 1.165) is 68.2 Å². The molecule has 29 heavy (non-hydrogen) atoms. The third-order valence-electron chi connectivity index (χ3n) is 5.92. The number of hydrogen-bond donors (Lipinski definition) is 0. The van der Waals surface area contributed by atoms with E-state index in [2.05, 4.69) is 29.9 Å². The van der Waals surface area contributed by atoms with Gasteiger partial charge in [-0.3, -0.25) is 14.7 Å². The van der Waals surface area contributed by atoms with Crippen molar-refractivity contribution in [1.82, 2.24) is 29.6 Å². The Morgan fingerprint density at radius 2 is 1.76 bits per heavy atom. The molecule has 0 atom stereocenters. The minimum absolute atomic E-state index is 0.0331. The summed E-state index contributed by atoms with van der Waals surface area (Å²) in [4.78, 5) is 30.3. The molecule has 1 fully saturated rings. The van der Waals surface area contributed by atoms with Crippen molar-refractivity contribution >= 4 is 17.0 Å². The largest absolute Gasteiger partial charge is 0.354 e. The van der Waals surface area contributed by atoms with Crippen molar-refractivity contribution in [2.75, 3.05) is 37.6 Å². The number of aromatic nitrogens is 5. The molecular weight excluding hydrogens is 366 g/mol. The maximum absolute atomic E-state index is 12.4. The van der Waals surface area contributed by atoms with E-state index in [-0.39, 0.29) is 5.56 Å². The van der Waals surface area contributed by atoms with E-state index in [0.29, 0.717) is 12.2 Å². The van der Waals surface area contributed by atoms with Gasteiger partial charge in [-0.25, -0.2) is 14.6 Å². The molecule has 1 saturated heterocycles. The Morgan fingerprint density at radius 1 is 0.931 bits per heavy atom. The molecule has 1 aliphatic carbocycles. The Bertz CT molecular complexity index is 1070. The Balaban J connectivity index is 1.19. The lowest BCUT2D eigenvalue weighted by atomic mass is 9.97. The van der Waals surface area contributed by atoms with Crippen LogP contribution in [0.3, 0.4) is 0 Å². The maximum Gasteiger partial charge on any atom is 0.267 e. The fourth-order valence-electron chi connectivity index (χ4n) is 4.22. The van der Waals surface area contributed by atoms with Gasteiger partial charge in [-0.05, 0) is 43.4 Å². The van der Waals surface area contributed by atoms with E-state index in [1.807, 2.05) is 12.1 Å². The lowest BCUT2D eigenvalue weighted by Crippen LogP contribution is -2.48. The van der Waals surface area contributed by atoms with Gasteiger partial charge in [-0.15, -0.1) is 0 Å². The molecule has 0 N–H and O–H groups in total. The summed E-state index contributed by atoms with van der Waals surface area (Å²) < 4.78 is 1.65. The molecule has 8 nitrogen and oxygen atoms in total. The van der Waals surface area contributed by atoms with E-state index in [1.54, 1.807) is 23.1 Å². The van der Waals surface area contributed by atoms with Crippen molar-refractivity contribution in [3.63, 3.8) is 0 Å². The number of fused-ring (bicyclic) bond motifs is 2. The zero-order chi connectivity index (χ0) is 19.6. The molecule has 0 radical (unpaired) electrons. The van der Waals surface area contributed by atoms with Crippen LogP contribution in [0, 0.1) is 0 Å². The minimum Gasteiger partial charge on any atom is -0.354 e. The van der Waals surface area contributed by atoms with Gasteiger partial charge in [0, 0.05) is 51.2 Å².